The van der Waals surface area contributed by atoms with E-state index in [2.05, 4.69) is 42.3 Å². The minimum Gasteiger partial charge on any atom is -0.471 e. The maximum Gasteiger partial charge on any atom is 0.141 e. The van der Waals surface area contributed by atoms with Gasteiger partial charge in [0.15, 0.2) is 0 Å². The molecule has 0 saturated heterocycles. The fourth-order valence-electron chi connectivity index (χ4n) is 0.224. The number of hydrogen-bond acceptors (Lipinski definition) is 3. The van der Waals surface area contributed by atoms with Crippen LogP contribution in [0.4, 0.5) is 0 Å². The Morgan fingerprint density at radius 3 is 1.19 bits per heavy atom. The standard InChI is InChI=1S/C3H13NSi2.C3H12Si2.H6OSi2.H4OSi/c1-4(5-2)6-3;1-3(2,4)5;2-1-3;1-2/h5-6H2,1-3H3;1-2,4-5H3;2-3H3;1H,2H3. The fourth-order valence-corrected chi connectivity index (χ4v) is 2.01. The van der Waals surface area contributed by atoms with Crippen molar-refractivity contribution in [3.05, 3.63) is 0 Å². The van der Waals surface area contributed by atoms with Gasteiger partial charge in [-0.15, -0.1) is 0 Å². The topological polar surface area (TPSA) is 32.7 Å². The third-order valence-corrected chi connectivity index (χ3v) is 5.92. The van der Waals surface area contributed by atoms with E-state index in [9.17, 15) is 0 Å². The number of hydrogen-bond donors (Lipinski definition) is 1. The highest BCUT2D eigenvalue weighted by atomic mass is 28.3. The highest BCUT2D eigenvalue weighted by Gasteiger charge is 1.96. The van der Waals surface area contributed by atoms with E-state index < -0.39 is 0 Å². The minimum absolute atomic E-state index is 0.233. The summed E-state index contributed by atoms with van der Waals surface area (Å²) in [6.07, 6.45) is 0. The normalized spacial score (nSPS) is 11.4. The molecule has 1 N–H and O–H groups in total. The van der Waals surface area contributed by atoms with Crippen molar-refractivity contribution in [3.8, 4) is 0 Å². The lowest BCUT2D eigenvalue weighted by Gasteiger charge is -2.06. The zero-order valence-electron chi connectivity index (χ0n) is 13.2. The van der Waals surface area contributed by atoms with E-state index in [1.165, 1.54) is 20.5 Å². The van der Waals surface area contributed by atoms with Crippen LogP contribution in [0.5, 0.6) is 0 Å². The number of rotatable bonds is 2. The summed E-state index contributed by atoms with van der Waals surface area (Å²) in [6.45, 7) is 9.28. The second kappa shape index (κ2) is 21.7. The van der Waals surface area contributed by atoms with Gasteiger partial charge in [-0.3, -0.25) is 0 Å². The summed E-state index contributed by atoms with van der Waals surface area (Å²) in [4.78, 5) is 7.14. The van der Waals surface area contributed by atoms with Crippen LogP contribution in [0.1, 0.15) is 13.8 Å². The summed E-state index contributed by atoms with van der Waals surface area (Å²) in [5.41, 5.74) is 0. The number of nitrogens with zero attached hydrogens (tertiary/aromatic N) is 1. The van der Waals surface area contributed by atoms with E-state index in [1.54, 1.807) is 0 Å². The predicted molar refractivity (Wildman–Crippen MR) is 104 cm³/mol. The van der Waals surface area contributed by atoms with Gasteiger partial charge in [0.25, 0.3) is 0 Å². The van der Waals surface area contributed by atoms with Crippen LogP contribution in [0.2, 0.25) is 17.8 Å². The van der Waals surface area contributed by atoms with Gasteiger partial charge in [-0.2, -0.15) is 0 Å². The van der Waals surface area contributed by atoms with Crippen LogP contribution in [0, 0.1) is 0 Å². The van der Waals surface area contributed by atoms with E-state index in [1.807, 2.05) is 0 Å². The Bertz CT molecular complexity index is 93.4. The van der Waals surface area contributed by atoms with Crippen LogP contribution in [0.15, 0.2) is 0 Å². The van der Waals surface area contributed by atoms with Crippen LogP contribution < -0.4 is 0 Å². The molecule has 0 bridgehead atoms. The van der Waals surface area contributed by atoms with E-state index >= 15 is 0 Å². The molecule has 0 amide bonds. The molecule has 0 aromatic carbocycles. The Morgan fingerprint density at radius 2 is 1.19 bits per heavy atom. The smallest absolute Gasteiger partial charge is 0.141 e. The second-order valence-electron chi connectivity index (χ2n) is 4.90. The van der Waals surface area contributed by atoms with Crippen molar-refractivity contribution in [3.63, 3.8) is 0 Å². The molecular formula is C6H35NO2Si7. The second-order valence-corrected chi connectivity index (χ2v) is 20.5. The van der Waals surface area contributed by atoms with Crippen LogP contribution >= 0.6 is 0 Å². The summed E-state index contributed by atoms with van der Waals surface area (Å²) >= 11 is 0. The molecule has 10 heteroatoms. The SMILES string of the molecule is CC(C)([SiH3])[SiH3].C[SiH2]N(C)[SiH2]C.O[SiH3].[SiH3]O[SiH3]. The first kappa shape index (κ1) is 26.1. The van der Waals surface area contributed by atoms with Gasteiger partial charge in [-0.25, -0.2) is 0 Å². The van der Waals surface area contributed by atoms with Gasteiger partial charge >= 0.3 is 0 Å². The van der Waals surface area contributed by atoms with Crippen LogP contribution in [-0.4, -0.2) is 87.4 Å². The monoisotopic (exact) mass is 349 g/mol. The molecule has 0 fully saturated rings. The average Bonchev–Trinajstić information content (AvgIpc) is 2.18. The highest BCUT2D eigenvalue weighted by molar-refractivity contribution is 6.48. The van der Waals surface area contributed by atoms with Gasteiger partial charge in [-0.1, -0.05) is 31.6 Å². The molecule has 0 aromatic heterocycles. The average molecular weight is 350 g/mol. The van der Waals surface area contributed by atoms with Gasteiger partial charge in [0.05, 0.1) is 19.4 Å². The summed E-state index contributed by atoms with van der Waals surface area (Å²) in [6, 6.07) is 0. The molecule has 0 atom stereocenters. The Labute approximate surface area is 123 Å². The fraction of sp³-hybridized carbons (Fsp3) is 1.00. The molecule has 0 unspecified atom stereocenters. The van der Waals surface area contributed by atoms with Crippen LogP contribution in [-0.2, 0) is 4.12 Å². The van der Waals surface area contributed by atoms with Crippen molar-refractivity contribution >= 4 is 71.3 Å². The molecule has 0 radical (unpaired) electrons. The van der Waals surface area contributed by atoms with E-state index in [-0.39, 0.29) is 19.4 Å². The predicted octanol–water partition coefficient (Wildman–Crippen LogP) is -6.12. The first-order chi connectivity index (χ1) is 7.22. The van der Waals surface area contributed by atoms with Crippen LogP contribution in [0.3, 0.4) is 0 Å². The van der Waals surface area contributed by atoms with Crippen LogP contribution in [0.25, 0.3) is 0 Å². The Morgan fingerprint density at radius 1 is 1.06 bits per heavy atom. The largest absolute Gasteiger partial charge is 0.471 e. The lowest BCUT2D eigenvalue weighted by atomic mass is 10.5. The Kier molecular flexibility index (Phi) is 35.3. The molecule has 0 spiro atoms. The third kappa shape index (κ3) is 110. The first-order valence-corrected chi connectivity index (χ1v) is 14.4. The molecule has 104 valence electrons. The molecule has 0 aliphatic heterocycles. The molecule has 0 saturated carbocycles. The van der Waals surface area contributed by atoms with Gasteiger partial charge in [0.1, 0.15) is 31.5 Å². The van der Waals surface area contributed by atoms with Crippen molar-refractivity contribution in [2.24, 2.45) is 0 Å². The van der Waals surface area contributed by atoms with Crippen molar-refractivity contribution in [1.29, 1.82) is 0 Å². The first-order valence-electron chi connectivity index (χ1n) is 5.76. The zero-order chi connectivity index (χ0) is 14.2. The molecule has 0 aromatic rings. The van der Waals surface area contributed by atoms with Crippen molar-refractivity contribution in [2.45, 2.75) is 31.6 Å². The maximum atomic E-state index is 7.14. The molecule has 0 aliphatic carbocycles. The quantitative estimate of drug-likeness (QED) is 0.504. The molecule has 0 aliphatic rings. The minimum atomic E-state index is 0.233. The molecule has 16 heavy (non-hydrogen) atoms. The van der Waals surface area contributed by atoms with E-state index in [4.69, 9.17) is 4.80 Å². The van der Waals surface area contributed by atoms with Gasteiger partial charge in [0, 0.05) is 20.5 Å². The summed E-state index contributed by atoms with van der Waals surface area (Å²) < 4.78 is 7.83. The van der Waals surface area contributed by atoms with Gasteiger partial charge in [-0.05, 0) is 7.05 Å². The summed E-state index contributed by atoms with van der Waals surface area (Å²) in [7, 11) is 7.61. The van der Waals surface area contributed by atoms with E-state index in [0.717, 1.165) is 25.6 Å². The molecule has 0 rings (SSSR count). The third-order valence-electron chi connectivity index (χ3n) is 1.08. The molecule has 3 nitrogen and oxygen atoms in total. The summed E-state index contributed by atoms with van der Waals surface area (Å²) in [5, 5.41) is 0. The van der Waals surface area contributed by atoms with Gasteiger partial charge in [0.2, 0.25) is 0 Å². The maximum absolute atomic E-state index is 7.14. The van der Waals surface area contributed by atoms with Gasteiger partial charge < -0.3 is 13.1 Å². The van der Waals surface area contributed by atoms with Crippen molar-refractivity contribution < 1.29 is 8.91 Å². The Hall–Kier alpha value is 1.40. The Balaban J connectivity index is -0.0000000653. The molecule has 0 heterocycles. The molecular weight excluding hydrogens is 315 g/mol. The van der Waals surface area contributed by atoms with Crippen molar-refractivity contribution in [1.82, 2.24) is 4.23 Å². The summed E-state index contributed by atoms with van der Waals surface area (Å²) in [5.74, 6) is 0. The van der Waals surface area contributed by atoms with E-state index in [0.29, 0.717) is 10.5 Å². The lowest BCUT2D eigenvalue weighted by Crippen LogP contribution is -2.22. The highest BCUT2D eigenvalue weighted by Crippen LogP contribution is 2.07. The lowest BCUT2D eigenvalue weighted by molar-refractivity contribution is 0.629. The zero-order valence-corrected chi connectivity index (χ0v) is 26.0. The van der Waals surface area contributed by atoms with Crippen molar-refractivity contribution in [2.75, 3.05) is 7.05 Å².